The molecule has 9 aromatic carbocycles. The highest BCUT2D eigenvalue weighted by atomic mass is 32.2. The maximum Gasteiger partial charge on any atom is 0.0352 e. The predicted molar refractivity (Wildman–Crippen MR) is 268 cm³/mol. The SMILES string of the molecule is [2H]C1(c2ccc3c(c2-c2cccc(-c4c(-c5ccccc5)c(-c5ccccc5)c(-c5ccccc5)c(-c5ccccc5)c4-c4ccccc4)c2)Sc2ccccc2C3(C)C)CCCC1. The van der Waals surface area contributed by atoms with Gasteiger partial charge in [-0.25, -0.2) is 0 Å². The third kappa shape index (κ3) is 6.96. The first-order chi connectivity index (χ1) is 31.4. The predicted octanol–water partition coefficient (Wildman–Crippen LogP) is 17.8. The fourth-order valence-corrected chi connectivity index (χ4v) is 12.1. The van der Waals surface area contributed by atoms with Gasteiger partial charge >= 0.3 is 0 Å². The lowest BCUT2D eigenvalue weighted by Crippen LogP contribution is -2.24. The minimum atomic E-state index is -0.648. The van der Waals surface area contributed by atoms with Crippen molar-refractivity contribution in [3.05, 3.63) is 229 Å². The zero-order valence-electron chi connectivity index (χ0n) is 36.9. The summed E-state index contributed by atoms with van der Waals surface area (Å²) in [6.07, 6.45) is 3.92. The Labute approximate surface area is 378 Å². The van der Waals surface area contributed by atoms with Gasteiger partial charge in [0.05, 0.1) is 0 Å². The van der Waals surface area contributed by atoms with Crippen molar-refractivity contribution in [1.82, 2.24) is 0 Å². The molecule has 0 N–H and O–H groups in total. The minimum Gasteiger partial charge on any atom is -0.0888 e. The molecule has 2 aliphatic rings. The Hall–Kier alpha value is -6.67. The lowest BCUT2D eigenvalue weighted by Gasteiger charge is -2.37. The number of hydrogen-bond donors (Lipinski definition) is 0. The maximum atomic E-state index is 10.1. The molecule has 1 heteroatoms. The van der Waals surface area contributed by atoms with Crippen molar-refractivity contribution in [2.75, 3.05) is 0 Å². The molecular formula is C62H50S. The Morgan fingerprint density at radius 1 is 0.381 bits per heavy atom. The highest BCUT2D eigenvalue weighted by Gasteiger charge is 2.37. The maximum absolute atomic E-state index is 10.1. The van der Waals surface area contributed by atoms with E-state index in [1.54, 1.807) is 0 Å². The largest absolute Gasteiger partial charge is 0.0888 e. The van der Waals surface area contributed by atoms with E-state index in [4.69, 9.17) is 0 Å². The molecule has 0 aromatic heterocycles. The molecule has 9 aromatic rings. The van der Waals surface area contributed by atoms with E-state index in [0.717, 1.165) is 36.8 Å². The van der Waals surface area contributed by atoms with Gasteiger partial charge in [0.25, 0.3) is 0 Å². The highest BCUT2D eigenvalue weighted by molar-refractivity contribution is 7.99. The molecular weight excluding hydrogens is 777 g/mol. The number of hydrogen-bond acceptors (Lipinski definition) is 1. The summed E-state index contributed by atoms with van der Waals surface area (Å²) >= 11 is 1.90. The first kappa shape index (κ1) is 38.0. The van der Waals surface area contributed by atoms with E-state index >= 15 is 0 Å². The van der Waals surface area contributed by atoms with E-state index < -0.39 is 5.89 Å². The molecule has 0 unspecified atom stereocenters. The van der Waals surface area contributed by atoms with Crippen LogP contribution in [0.1, 0.15) is 63.5 Å². The topological polar surface area (TPSA) is 0 Å². The normalized spacial score (nSPS) is 15.0. The van der Waals surface area contributed by atoms with Gasteiger partial charge < -0.3 is 0 Å². The second-order valence-electron chi connectivity index (χ2n) is 17.6. The van der Waals surface area contributed by atoms with Gasteiger partial charge in [0, 0.05) is 16.6 Å². The molecule has 0 spiro atoms. The van der Waals surface area contributed by atoms with Gasteiger partial charge in [-0.05, 0) is 125 Å². The lowest BCUT2D eigenvalue weighted by atomic mass is 9.73. The highest BCUT2D eigenvalue weighted by Crippen LogP contribution is 2.58. The molecule has 1 heterocycles. The Morgan fingerprint density at radius 2 is 0.746 bits per heavy atom. The van der Waals surface area contributed by atoms with Crippen molar-refractivity contribution < 1.29 is 1.37 Å². The fraction of sp³-hybridized carbons (Fsp3) is 0.129. The Balaban J connectivity index is 1.31. The number of fused-ring (bicyclic) bond motifs is 2. The van der Waals surface area contributed by atoms with Crippen LogP contribution in [0.15, 0.2) is 222 Å². The van der Waals surface area contributed by atoms with E-state index in [1.807, 2.05) is 11.8 Å². The zero-order chi connectivity index (χ0) is 43.3. The Kier molecular flexibility index (Phi) is 9.99. The Morgan fingerprint density at radius 3 is 1.19 bits per heavy atom. The summed E-state index contributed by atoms with van der Waals surface area (Å²) in [7, 11) is 0. The van der Waals surface area contributed by atoms with Gasteiger partial charge in [0.1, 0.15) is 0 Å². The molecule has 63 heavy (non-hydrogen) atoms. The summed E-state index contributed by atoms with van der Waals surface area (Å²) in [5, 5.41) is 0. The summed E-state index contributed by atoms with van der Waals surface area (Å²) in [4.78, 5) is 2.59. The molecule has 0 bridgehead atoms. The standard InChI is InChI=1S/C62H50S/c1-62(2)51-37-20-21-38-53(51)63-61-52(62)40-39-50(42-23-18-19-24-42)54(61)48-35-22-36-49(41-48)60-58(46-31-14-6-15-32-46)56(44-27-10-4-11-28-44)55(43-25-8-3-9-26-43)57(45-29-12-5-13-30-45)59(60)47-33-16-7-17-34-47/h3-17,20-22,25-42H,18-19,23-24H2,1-2H3/i42D. The van der Waals surface area contributed by atoms with Crippen molar-refractivity contribution >= 4 is 11.8 Å². The van der Waals surface area contributed by atoms with Crippen LogP contribution in [-0.4, -0.2) is 0 Å². The molecule has 0 nitrogen and oxygen atoms in total. The Bertz CT molecular complexity index is 3030. The third-order valence-corrected chi connectivity index (χ3v) is 14.6. The minimum absolute atomic E-state index is 0.198. The molecule has 0 saturated heterocycles. The first-order valence-electron chi connectivity index (χ1n) is 23.0. The van der Waals surface area contributed by atoms with Gasteiger partial charge in [-0.3, -0.25) is 0 Å². The van der Waals surface area contributed by atoms with Crippen molar-refractivity contribution in [2.45, 2.75) is 60.6 Å². The molecule has 0 amide bonds. The van der Waals surface area contributed by atoms with Crippen LogP contribution >= 0.6 is 11.8 Å². The second kappa shape index (κ2) is 16.6. The van der Waals surface area contributed by atoms with Crippen LogP contribution in [0.25, 0.3) is 77.9 Å². The van der Waals surface area contributed by atoms with E-state index in [-0.39, 0.29) is 5.41 Å². The smallest absolute Gasteiger partial charge is 0.0352 e. The van der Waals surface area contributed by atoms with Crippen LogP contribution < -0.4 is 0 Å². The molecule has 304 valence electrons. The van der Waals surface area contributed by atoms with Gasteiger partial charge in [0.2, 0.25) is 0 Å². The molecule has 0 atom stereocenters. The van der Waals surface area contributed by atoms with E-state index in [1.165, 1.54) is 93.2 Å². The quantitative estimate of drug-likeness (QED) is 0.147. The monoisotopic (exact) mass is 827 g/mol. The zero-order valence-corrected chi connectivity index (χ0v) is 36.8. The van der Waals surface area contributed by atoms with E-state index in [9.17, 15) is 1.37 Å². The van der Waals surface area contributed by atoms with Crippen molar-refractivity contribution in [1.29, 1.82) is 0 Å². The van der Waals surface area contributed by atoms with Gasteiger partial charge in [-0.1, -0.05) is 239 Å². The van der Waals surface area contributed by atoms with Crippen LogP contribution in [0.5, 0.6) is 0 Å². The van der Waals surface area contributed by atoms with Crippen LogP contribution in [0.3, 0.4) is 0 Å². The lowest BCUT2D eigenvalue weighted by molar-refractivity contribution is 0.605. The van der Waals surface area contributed by atoms with Crippen molar-refractivity contribution in [3.63, 3.8) is 0 Å². The summed E-state index contributed by atoms with van der Waals surface area (Å²) in [6, 6.07) is 78.1. The third-order valence-electron chi connectivity index (χ3n) is 13.4. The average Bonchev–Trinajstić information content (AvgIpc) is 3.81. The summed E-state index contributed by atoms with van der Waals surface area (Å²) in [5.74, 6) is -0.648. The van der Waals surface area contributed by atoms with Gasteiger partial charge in [-0.2, -0.15) is 0 Å². The van der Waals surface area contributed by atoms with Crippen LogP contribution in [0.4, 0.5) is 0 Å². The average molecular weight is 828 g/mol. The van der Waals surface area contributed by atoms with Gasteiger partial charge in [0.15, 0.2) is 0 Å². The fourth-order valence-electron chi connectivity index (χ4n) is 10.5. The summed E-state index contributed by atoms with van der Waals surface area (Å²) < 4.78 is 10.1. The number of rotatable bonds is 8. The van der Waals surface area contributed by atoms with Gasteiger partial charge in [-0.15, -0.1) is 0 Å². The second-order valence-corrected chi connectivity index (χ2v) is 18.6. The van der Waals surface area contributed by atoms with Crippen molar-refractivity contribution in [3.8, 4) is 77.9 Å². The van der Waals surface area contributed by atoms with E-state index in [2.05, 4.69) is 226 Å². The molecule has 1 fully saturated rings. The van der Waals surface area contributed by atoms with Crippen LogP contribution in [0, 0.1) is 0 Å². The summed E-state index contributed by atoms with van der Waals surface area (Å²) in [6.45, 7) is 4.75. The molecule has 11 rings (SSSR count). The molecule has 0 radical (unpaired) electrons. The van der Waals surface area contributed by atoms with Crippen LogP contribution in [0.2, 0.25) is 0 Å². The molecule has 1 aliphatic heterocycles. The van der Waals surface area contributed by atoms with E-state index in [0.29, 0.717) is 0 Å². The molecule has 1 saturated carbocycles. The van der Waals surface area contributed by atoms with Crippen molar-refractivity contribution in [2.24, 2.45) is 0 Å². The summed E-state index contributed by atoms with van der Waals surface area (Å²) in [5.41, 5.74) is 20.3. The molecule has 1 aliphatic carbocycles. The number of benzene rings is 9. The van der Waals surface area contributed by atoms with Crippen LogP contribution in [-0.2, 0) is 5.41 Å². The first-order valence-corrected chi connectivity index (χ1v) is 23.3.